The molecular formula is C15H23NO2S. The third-order valence-electron chi connectivity index (χ3n) is 2.58. The lowest BCUT2D eigenvalue weighted by atomic mass is 10.2. The van der Waals surface area contributed by atoms with Crippen molar-refractivity contribution >= 4 is 17.7 Å². The predicted octanol–water partition coefficient (Wildman–Crippen LogP) is 3.09. The van der Waals surface area contributed by atoms with E-state index in [0.29, 0.717) is 12.3 Å². The minimum absolute atomic E-state index is 0.151. The van der Waals surface area contributed by atoms with Gasteiger partial charge >= 0.3 is 5.97 Å². The minimum Gasteiger partial charge on any atom is -0.469 e. The highest BCUT2D eigenvalue weighted by molar-refractivity contribution is 7.99. The molecule has 4 heteroatoms. The summed E-state index contributed by atoms with van der Waals surface area (Å²) in [5, 5.41) is 3.43. The molecule has 0 aromatic heterocycles. The van der Waals surface area contributed by atoms with Crippen LogP contribution in [0, 0.1) is 5.92 Å². The molecule has 0 saturated heterocycles. The lowest BCUT2D eigenvalue weighted by molar-refractivity contribution is -0.140. The zero-order valence-corrected chi connectivity index (χ0v) is 12.8. The number of benzene rings is 1. The van der Waals surface area contributed by atoms with Gasteiger partial charge in [0.05, 0.1) is 13.5 Å². The summed E-state index contributed by atoms with van der Waals surface area (Å²) in [5.41, 5.74) is 1.28. The highest BCUT2D eigenvalue weighted by atomic mass is 32.2. The average molecular weight is 281 g/mol. The van der Waals surface area contributed by atoms with Crippen molar-refractivity contribution in [1.82, 2.24) is 5.32 Å². The van der Waals surface area contributed by atoms with Crippen LogP contribution in [-0.4, -0.2) is 25.4 Å². The number of carbonyl (C=O) groups excluding carboxylic acids is 1. The number of rotatable bonds is 8. The fourth-order valence-corrected chi connectivity index (χ4v) is 2.52. The van der Waals surface area contributed by atoms with E-state index >= 15 is 0 Å². The van der Waals surface area contributed by atoms with E-state index in [1.807, 2.05) is 0 Å². The van der Waals surface area contributed by atoms with Crippen molar-refractivity contribution in [3.63, 3.8) is 0 Å². The summed E-state index contributed by atoms with van der Waals surface area (Å²) in [7, 11) is 1.42. The second-order valence-corrected chi connectivity index (χ2v) is 6.02. The summed E-state index contributed by atoms with van der Waals surface area (Å²) in [6, 6.07) is 8.44. The van der Waals surface area contributed by atoms with Crippen LogP contribution in [0.2, 0.25) is 0 Å². The third kappa shape index (κ3) is 7.23. The van der Waals surface area contributed by atoms with E-state index in [4.69, 9.17) is 0 Å². The van der Waals surface area contributed by atoms with Crippen molar-refractivity contribution < 1.29 is 9.53 Å². The number of esters is 1. The molecule has 3 nitrogen and oxygen atoms in total. The van der Waals surface area contributed by atoms with Gasteiger partial charge in [0.25, 0.3) is 0 Å². The zero-order valence-electron chi connectivity index (χ0n) is 11.9. The van der Waals surface area contributed by atoms with Crippen molar-refractivity contribution in [3.05, 3.63) is 29.8 Å². The average Bonchev–Trinajstić information content (AvgIpc) is 2.38. The second kappa shape index (κ2) is 8.99. The number of ether oxygens (including phenoxy) is 1. The SMILES string of the molecule is COC(=O)CCSc1cccc(CNCC(C)C)c1. The molecule has 19 heavy (non-hydrogen) atoms. The van der Waals surface area contributed by atoms with E-state index < -0.39 is 0 Å². The van der Waals surface area contributed by atoms with Gasteiger partial charge in [-0.2, -0.15) is 0 Å². The van der Waals surface area contributed by atoms with E-state index in [-0.39, 0.29) is 5.97 Å². The van der Waals surface area contributed by atoms with Gasteiger partial charge in [0.1, 0.15) is 0 Å². The maximum atomic E-state index is 11.0. The topological polar surface area (TPSA) is 38.3 Å². The number of hydrogen-bond acceptors (Lipinski definition) is 4. The van der Waals surface area contributed by atoms with E-state index in [0.717, 1.165) is 18.8 Å². The van der Waals surface area contributed by atoms with Gasteiger partial charge in [-0.05, 0) is 30.2 Å². The van der Waals surface area contributed by atoms with E-state index in [2.05, 4.69) is 48.2 Å². The van der Waals surface area contributed by atoms with Gasteiger partial charge < -0.3 is 10.1 Å². The van der Waals surface area contributed by atoms with Crippen LogP contribution in [0.5, 0.6) is 0 Å². The third-order valence-corrected chi connectivity index (χ3v) is 3.58. The summed E-state index contributed by atoms with van der Waals surface area (Å²) in [5.74, 6) is 1.27. The number of nitrogens with one attached hydrogen (secondary N) is 1. The maximum absolute atomic E-state index is 11.0. The summed E-state index contributed by atoms with van der Waals surface area (Å²) in [4.78, 5) is 12.2. The fourth-order valence-electron chi connectivity index (χ4n) is 1.60. The number of thioether (sulfide) groups is 1. The van der Waals surface area contributed by atoms with Crippen LogP contribution >= 0.6 is 11.8 Å². The van der Waals surface area contributed by atoms with Gasteiger partial charge in [-0.3, -0.25) is 4.79 Å². The molecule has 0 aliphatic rings. The highest BCUT2D eigenvalue weighted by Gasteiger charge is 2.02. The molecule has 1 rings (SSSR count). The number of methoxy groups -OCH3 is 1. The molecule has 0 heterocycles. The first-order valence-electron chi connectivity index (χ1n) is 6.61. The monoisotopic (exact) mass is 281 g/mol. The molecule has 0 amide bonds. The highest BCUT2D eigenvalue weighted by Crippen LogP contribution is 2.20. The van der Waals surface area contributed by atoms with Crippen molar-refractivity contribution in [2.75, 3.05) is 19.4 Å². The lowest BCUT2D eigenvalue weighted by Gasteiger charge is -2.08. The Balaban J connectivity index is 2.37. The summed E-state index contributed by atoms with van der Waals surface area (Å²) >= 11 is 1.69. The van der Waals surface area contributed by atoms with Gasteiger partial charge in [-0.15, -0.1) is 11.8 Å². The van der Waals surface area contributed by atoms with Crippen molar-refractivity contribution in [2.45, 2.75) is 31.7 Å². The van der Waals surface area contributed by atoms with Gasteiger partial charge in [0.2, 0.25) is 0 Å². The van der Waals surface area contributed by atoms with Crippen LogP contribution in [0.25, 0.3) is 0 Å². The van der Waals surface area contributed by atoms with Crippen LogP contribution in [-0.2, 0) is 16.1 Å². The van der Waals surface area contributed by atoms with Crippen LogP contribution in [0.1, 0.15) is 25.8 Å². The smallest absolute Gasteiger partial charge is 0.306 e. The fraction of sp³-hybridized carbons (Fsp3) is 0.533. The molecule has 0 bridgehead atoms. The molecule has 0 radical (unpaired) electrons. The quantitative estimate of drug-likeness (QED) is 0.587. The lowest BCUT2D eigenvalue weighted by Crippen LogP contribution is -2.18. The van der Waals surface area contributed by atoms with Crippen LogP contribution in [0.3, 0.4) is 0 Å². The first-order chi connectivity index (χ1) is 9.11. The molecule has 0 spiro atoms. The molecule has 0 aliphatic heterocycles. The number of carbonyl (C=O) groups is 1. The summed E-state index contributed by atoms with van der Waals surface area (Å²) < 4.78 is 4.63. The van der Waals surface area contributed by atoms with Gasteiger partial charge in [-0.1, -0.05) is 26.0 Å². The van der Waals surface area contributed by atoms with Gasteiger partial charge in [0, 0.05) is 17.2 Å². The Morgan fingerprint density at radius 1 is 1.42 bits per heavy atom. The molecule has 0 atom stereocenters. The van der Waals surface area contributed by atoms with E-state index in [1.165, 1.54) is 17.6 Å². The Kier molecular flexibility index (Phi) is 7.60. The first-order valence-corrected chi connectivity index (χ1v) is 7.59. The molecule has 0 unspecified atom stereocenters. The molecule has 106 valence electrons. The molecule has 0 saturated carbocycles. The Labute approximate surface area is 120 Å². The van der Waals surface area contributed by atoms with Crippen LogP contribution < -0.4 is 5.32 Å². The Bertz CT molecular complexity index is 393. The molecule has 1 N–H and O–H groups in total. The molecular weight excluding hydrogens is 258 g/mol. The van der Waals surface area contributed by atoms with Crippen molar-refractivity contribution in [3.8, 4) is 0 Å². The summed E-state index contributed by atoms with van der Waals surface area (Å²) in [6.07, 6.45) is 0.455. The van der Waals surface area contributed by atoms with Crippen LogP contribution in [0.15, 0.2) is 29.2 Å². The largest absolute Gasteiger partial charge is 0.469 e. The normalized spacial score (nSPS) is 10.7. The van der Waals surface area contributed by atoms with Gasteiger partial charge in [0.15, 0.2) is 0 Å². The standard InChI is InChI=1S/C15H23NO2S/c1-12(2)10-16-11-13-5-4-6-14(9-13)19-8-7-15(17)18-3/h4-6,9,12,16H,7-8,10-11H2,1-3H3. The summed E-state index contributed by atoms with van der Waals surface area (Å²) in [6.45, 7) is 6.32. The maximum Gasteiger partial charge on any atom is 0.306 e. The van der Waals surface area contributed by atoms with Crippen molar-refractivity contribution in [1.29, 1.82) is 0 Å². The second-order valence-electron chi connectivity index (χ2n) is 4.85. The zero-order chi connectivity index (χ0) is 14.1. The molecule has 1 aromatic carbocycles. The first kappa shape index (κ1) is 16.1. The molecule has 0 aliphatic carbocycles. The predicted molar refractivity (Wildman–Crippen MR) is 80.3 cm³/mol. The van der Waals surface area contributed by atoms with Crippen molar-refractivity contribution in [2.24, 2.45) is 5.92 Å². The van der Waals surface area contributed by atoms with E-state index in [1.54, 1.807) is 11.8 Å². The molecule has 0 fully saturated rings. The Morgan fingerprint density at radius 2 is 2.21 bits per heavy atom. The van der Waals surface area contributed by atoms with Crippen LogP contribution in [0.4, 0.5) is 0 Å². The Morgan fingerprint density at radius 3 is 2.89 bits per heavy atom. The van der Waals surface area contributed by atoms with Gasteiger partial charge in [-0.25, -0.2) is 0 Å². The van der Waals surface area contributed by atoms with E-state index in [9.17, 15) is 4.79 Å². The number of hydrogen-bond donors (Lipinski definition) is 1. The molecule has 1 aromatic rings. The minimum atomic E-state index is -0.151. The Hall–Kier alpha value is -1.00.